The number of benzene rings is 1. The zero-order valence-electron chi connectivity index (χ0n) is 7.08. The second-order valence-corrected chi connectivity index (χ2v) is 2.93. The van der Waals surface area contributed by atoms with E-state index in [0.717, 1.165) is 10.9 Å². The van der Waals surface area contributed by atoms with Crippen LogP contribution in [0.3, 0.4) is 0 Å². The maximum Gasteiger partial charge on any atom is 0.125 e. The number of aromatic nitrogens is 1. The first-order chi connectivity index (χ1) is 6.22. The van der Waals surface area contributed by atoms with E-state index >= 15 is 0 Å². The van der Waals surface area contributed by atoms with Crippen LogP contribution in [0.15, 0.2) is 24.4 Å². The molecule has 1 heterocycles. The van der Waals surface area contributed by atoms with Gasteiger partial charge in [0.25, 0.3) is 0 Å². The quantitative estimate of drug-likeness (QED) is 0.601. The number of hydrogen-bond donors (Lipinski definition) is 0. The highest BCUT2D eigenvalue weighted by Gasteiger charge is 2.06. The predicted molar refractivity (Wildman–Crippen MR) is 47.6 cm³/mol. The molecule has 0 unspecified atom stereocenters. The smallest absolute Gasteiger partial charge is 0.125 e. The molecule has 0 N–H and O–H groups in total. The van der Waals surface area contributed by atoms with Crippen LogP contribution in [0.2, 0.25) is 0 Å². The monoisotopic (exact) mass is 174 g/mol. The van der Waals surface area contributed by atoms with Crippen molar-refractivity contribution in [3.05, 3.63) is 35.8 Å². The van der Waals surface area contributed by atoms with Crippen molar-refractivity contribution in [3.8, 4) is 6.07 Å². The van der Waals surface area contributed by atoms with Crippen LogP contribution < -0.4 is 0 Å². The van der Waals surface area contributed by atoms with E-state index in [1.165, 1.54) is 12.1 Å². The van der Waals surface area contributed by atoms with Crippen molar-refractivity contribution in [2.24, 2.45) is 7.05 Å². The SMILES string of the molecule is Cn1ccc2cc(F)cc(C#N)c21. The highest BCUT2D eigenvalue weighted by Crippen LogP contribution is 2.20. The molecule has 0 aliphatic rings. The number of rotatable bonds is 0. The summed E-state index contributed by atoms with van der Waals surface area (Å²) in [6.07, 6.45) is 1.81. The number of aryl methyl sites for hydroxylation is 1. The topological polar surface area (TPSA) is 28.7 Å². The zero-order valence-corrected chi connectivity index (χ0v) is 7.08. The molecule has 0 aliphatic heterocycles. The fourth-order valence-electron chi connectivity index (χ4n) is 1.49. The Hall–Kier alpha value is -1.82. The first-order valence-corrected chi connectivity index (χ1v) is 3.87. The molecule has 2 rings (SSSR count). The van der Waals surface area contributed by atoms with Gasteiger partial charge in [-0.15, -0.1) is 0 Å². The van der Waals surface area contributed by atoms with Crippen LogP contribution in [0.4, 0.5) is 4.39 Å². The van der Waals surface area contributed by atoms with Crippen molar-refractivity contribution in [2.75, 3.05) is 0 Å². The van der Waals surface area contributed by atoms with Gasteiger partial charge in [0.2, 0.25) is 0 Å². The first kappa shape index (κ1) is 7.81. The van der Waals surface area contributed by atoms with Gasteiger partial charge >= 0.3 is 0 Å². The molecule has 0 atom stereocenters. The van der Waals surface area contributed by atoms with Crippen LogP contribution >= 0.6 is 0 Å². The Balaban J connectivity index is 2.95. The largest absolute Gasteiger partial charge is 0.349 e. The molecule has 0 aliphatic carbocycles. The fourth-order valence-corrected chi connectivity index (χ4v) is 1.49. The van der Waals surface area contributed by atoms with Crippen molar-refractivity contribution >= 4 is 10.9 Å². The van der Waals surface area contributed by atoms with Crippen LogP contribution in [-0.4, -0.2) is 4.57 Å². The molecule has 1 aromatic heterocycles. The van der Waals surface area contributed by atoms with Crippen LogP contribution in [0, 0.1) is 17.1 Å². The lowest BCUT2D eigenvalue weighted by atomic mass is 10.1. The molecule has 2 aromatic rings. The Morgan fingerprint density at radius 3 is 2.92 bits per heavy atom. The van der Waals surface area contributed by atoms with Crippen LogP contribution in [0.25, 0.3) is 10.9 Å². The molecular weight excluding hydrogens is 167 g/mol. The summed E-state index contributed by atoms with van der Waals surface area (Å²) in [7, 11) is 1.83. The van der Waals surface area contributed by atoms with Crippen molar-refractivity contribution in [2.45, 2.75) is 0 Å². The minimum atomic E-state index is -0.366. The number of fused-ring (bicyclic) bond motifs is 1. The van der Waals surface area contributed by atoms with Gasteiger partial charge in [-0.25, -0.2) is 4.39 Å². The van der Waals surface area contributed by atoms with Crippen molar-refractivity contribution in [1.82, 2.24) is 4.57 Å². The molecular formula is C10H7FN2. The molecule has 2 nitrogen and oxygen atoms in total. The van der Waals surface area contributed by atoms with Crippen molar-refractivity contribution in [3.63, 3.8) is 0 Å². The molecule has 0 bridgehead atoms. The summed E-state index contributed by atoms with van der Waals surface area (Å²) in [4.78, 5) is 0. The molecule has 0 saturated carbocycles. The second kappa shape index (κ2) is 2.60. The molecule has 64 valence electrons. The lowest BCUT2D eigenvalue weighted by molar-refractivity contribution is 0.629. The van der Waals surface area contributed by atoms with Gasteiger partial charge in [-0.3, -0.25) is 0 Å². The number of hydrogen-bond acceptors (Lipinski definition) is 1. The summed E-state index contributed by atoms with van der Waals surface area (Å²) in [5.41, 5.74) is 1.16. The van der Waals surface area contributed by atoms with Gasteiger partial charge in [0, 0.05) is 18.6 Å². The molecule has 13 heavy (non-hydrogen) atoms. The Morgan fingerprint density at radius 1 is 1.46 bits per heavy atom. The Labute approximate surface area is 74.8 Å². The molecule has 0 fully saturated rings. The van der Waals surface area contributed by atoms with Gasteiger partial charge in [0.05, 0.1) is 11.1 Å². The molecule has 0 spiro atoms. The van der Waals surface area contributed by atoms with Crippen LogP contribution in [0.5, 0.6) is 0 Å². The van der Waals surface area contributed by atoms with E-state index < -0.39 is 0 Å². The number of nitrogens with zero attached hydrogens (tertiary/aromatic N) is 2. The van der Waals surface area contributed by atoms with E-state index in [-0.39, 0.29) is 5.82 Å². The third-order valence-corrected chi connectivity index (χ3v) is 2.06. The molecule has 0 saturated heterocycles. The summed E-state index contributed by atoms with van der Waals surface area (Å²) in [6.45, 7) is 0. The summed E-state index contributed by atoms with van der Waals surface area (Å²) in [6, 6.07) is 6.45. The zero-order chi connectivity index (χ0) is 9.42. The average molecular weight is 174 g/mol. The maximum atomic E-state index is 12.9. The van der Waals surface area contributed by atoms with Gasteiger partial charge < -0.3 is 4.57 Å². The van der Waals surface area contributed by atoms with Gasteiger partial charge in [-0.05, 0) is 18.2 Å². The minimum absolute atomic E-state index is 0.366. The van der Waals surface area contributed by atoms with Gasteiger partial charge in [-0.1, -0.05) is 0 Å². The van der Waals surface area contributed by atoms with E-state index in [2.05, 4.69) is 0 Å². The second-order valence-electron chi connectivity index (χ2n) is 2.93. The summed E-state index contributed by atoms with van der Waals surface area (Å²) >= 11 is 0. The molecule has 3 heteroatoms. The van der Waals surface area contributed by atoms with Gasteiger partial charge in [0.1, 0.15) is 11.9 Å². The van der Waals surface area contributed by atoms with Crippen molar-refractivity contribution in [1.29, 1.82) is 5.26 Å². The third-order valence-electron chi connectivity index (χ3n) is 2.06. The Morgan fingerprint density at radius 2 is 2.23 bits per heavy atom. The van der Waals surface area contributed by atoms with E-state index in [4.69, 9.17) is 5.26 Å². The van der Waals surface area contributed by atoms with Crippen LogP contribution in [0.1, 0.15) is 5.56 Å². The lowest BCUT2D eigenvalue weighted by Crippen LogP contribution is -1.89. The summed E-state index contributed by atoms with van der Waals surface area (Å²) in [5, 5.41) is 9.54. The highest BCUT2D eigenvalue weighted by molar-refractivity contribution is 5.85. The standard InChI is InChI=1S/C10H7FN2/c1-13-3-2-7-4-9(11)5-8(6-12)10(7)13/h2-5H,1H3. The lowest BCUT2D eigenvalue weighted by Gasteiger charge is -1.98. The highest BCUT2D eigenvalue weighted by atomic mass is 19.1. The molecule has 0 radical (unpaired) electrons. The number of nitriles is 1. The Bertz CT molecular complexity index is 505. The average Bonchev–Trinajstić information content (AvgIpc) is 2.46. The first-order valence-electron chi connectivity index (χ1n) is 3.87. The fraction of sp³-hybridized carbons (Fsp3) is 0.100. The Kier molecular flexibility index (Phi) is 1.56. The summed E-state index contributed by atoms with van der Waals surface area (Å²) in [5.74, 6) is -0.366. The normalized spacial score (nSPS) is 10.2. The summed E-state index contributed by atoms with van der Waals surface area (Å²) < 4.78 is 14.7. The number of halogens is 1. The van der Waals surface area contributed by atoms with E-state index in [9.17, 15) is 4.39 Å². The minimum Gasteiger partial charge on any atom is -0.349 e. The predicted octanol–water partition coefficient (Wildman–Crippen LogP) is 2.19. The van der Waals surface area contributed by atoms with Gasteiger partial charge in [0.15, 0.2) is 0 Å². The van der Waals surface area contributed by atoms with E-state index in [1.54, 1.807) is 6.07 Å². The van der Waals surface area contributed by atoms with E-state index in [1.807, 2.05) is 23.9 Å². The maximum absolute atomic E-state index is 12.9. The molecule has 0 amide bonds. The molecule has 1 aromatic carbocycles. The van der Waals surface area contributed by atoms with Crippen LogP contribution in [-0.2, 0) is 7.05 Å². The third kappa shape index (κ3) is 1.07. The van der Waals surface area contributed by atoms with Gasteiger partial charge in [-0.2, -0.15) is 5.26 Å². The van der Waals surface area contributed by atoms with E-state index in [0.29, 0.717) is 5.56 Å². The van der Waals surface area contributed by atoms with Crippen molar-refractivity contribution < 1.29 is 4.39 Å².